The molecule has 1 aliphatic heterocycles. The molecule has 0 spiro atoms. The summed E-state index contributed by atoms with van der Waals surface area (Å²) in [6.45, 7) is 13.5. The van der Waals surface area contributed by atoms with Crippen LogP contribution in [0.5, 0.6) is 11.5 Å². The van der Waals surface area contributed by atoms with Crippen molar-refractivity contribution in [2.75, 3.05) is 24.6 Å². The van der Waals surface area contributed by atoms with Crippen LogP contribution in [0.15, 0.2) is 63.5 Å². The Kier molecular flexibility index (Phi) is 8.60. The molecular formula is C30H35N3O5S. The molecule has 2 heterocycles. The highest BCUT2D eigenvalue weighted by Gasteiger charge is 2.33. The zero-order valence-electron chi connectivity index (χ0n) is 23.2. The van der Waals surface area contributed by atoms with Crippen molar-refractivity contribution in [3.05, 3.63) is 84.5 Å². The highest BCUT2D eigenvalue weighted by molar-refractivity contribution is 7.07. The average Bonchev–Trinajstić information content (AvgIpc) is 3.20. The zero-order chi connectivity index (χ0) is 28.3. The van der Waals surface area contributed by atoms with Gasteiger partial charge in [-0.2, -0.15) is 0 Å². The van der Waals surface area contributed by atoms with Gasteiger partial charge in [-0.1, -0.05) is 23.5 Å². The number of ether oxygens (including phenoxy) is 2. The Balaban J connectivity index is 1.86. The number of carbonyl (C=O) groups excluding carboxylic acids is 1. The monoisotopic (exact) mass is 549 g/mol. The number of allylic oxidation sites excluding steroid dienone is 1. The molecule has 4 rings (SSSR count). The molecule has 1 N–H and O–H groups in total. The molecule has 1 aliphatic rings. The summed E-state index contributed by atoms with van der Waals surface area (Å²) >= 11 is 1.22. The number of phenols is 1. The van der Waals surface area contributed by atoms with E-state index < -0.39 is 12.0 Å². The second kappa shape index (κ2) is 11.9. The number of rotatable bonds is 9. The minimum Gasteiger partial charge on any atom is -0.507 e. The Morgan fingerprint density at radius 1 is 1.15 bits per heavy atom. The number of aromatic hydroxyl groups is 1. The summed E-state index contributed by atoms with van der Waals surface area (Å²) in [7, 11) is 0. The third kappa shape index (κ3) is 5.78. The largest absolute Gasteiger partial charge is 0.507 e. The summed E-state index contributed by atoms with van der Waals surface area (Å²) in [5.74, 6) is 0.277. The van der Waals surface area contributed by atoms with Crippen LogP contribution in [0.3, 0.4) is 0 Å². The Labute approximate surface area is 232 Å². The van der Waals surface area contributed by atoms with Crippen molar-refractivity contribution in [3.63, 3.8) is 0 Å². The third-order valence-electron chi connectivity index (χ3n) is 6.52. The molecule has 0 amide bonds. The van der Waals surface area contributed by atoms with Crippen LogP contribution in [0, 0.1) is 0 Å². The van der Waals surface area contributed by atoms with Gasteiger partial charge in [-0.3, -0.25) is 9.36 Å². The highest BCUT2D eigenvalue weighted by Crippen LogP contribution is 2.32. The van der Waals surface area contributed by atoms with Crippen LogP contribution in [0.2, 0.25) is 0 Å². The van der Waals surface area contributed by atoms with Gasteiger partial charge in [0.2, 0.25) is 0 Å². The fraction of sp³-hybridized carbons (Fsp3) is 0.367. The summed E-state index contributed by atoms with van der Waals surface area (Å²) < 4.78 is 13.1. The number of hydrogen-bond donors (Lipinski definition) is 1. The van der Waals surface area contributed by atoms with Crippen LogP contribution in [0.25, 0.3) is 6.08 Å². The Morgan fingerprint density at radius 3 is 2.44 bits per heavy atom. The Hall–Kier alpha value is -3.85. The molecule has 0 aliphatic carbocycles. The molecule has 0 saturated carbocycles. The molecule has 1 aromatic heterocycles. The van der Waals surface area contributed by atoms with Gasteiger partial charge in [0.15, 0.2) is 4.80 Å². The van der Waals surface area contributed by atoms with Crippen LogP contribution in [-0.4, -0.2) is 41.4 Å². The molecule has 9 heteroatoms. The molecule has 0 saturated heterocycles. The molecule has 0 radical (unpaired) electrons. The molecular weight excluding hydrogens is 514 g/mol. The van der Waals surface area contributed by atoms with Gasteiger partial charge in [-0.15, -0.1) is 0 Å². The zero-order valence-corrected chi connectivity index (χ0v) is 24.0. The summed E-state index contributed by atoms with van der Waals surface area (Å²) in [5, 5.41) is 10.8. The SMILES string of the molecule is CCOc1ccc([C@H]2C(C(=O)OC(C)C)=C(C)N=c3s/c(=C/c4ccc(N(CC)CC)cc4O)c(=O)n32)cc1. The maximum atomic E-state index is 13.8. The van der Waals surface area contributed by atoms with E-state index in [1.807, 2.05) is 43.3 Å². The quantitative estimate of drug-likeness (QED) is 0.404. The number of anilines is 1. The molecule has 2 aromatic carbocycles. The van der Waals surface area contributed by atoms with Crippen molar-refractivity contribution < 1.29 is 19.4 Å². The molecule has 0 fully saturated rings. The molecule has 0 unspecified atom stereocenters. The molecule has 0 bridgehead atoms. The third-order valence-corrected chi connectivity index (χ3v) is 7.50. The number of benzene rings is 2. The van der Waals surface area contributed by atoms with Crippen LogP contribution in [-0.2, 0) is 9.53 Å². The second-order valence-electron chi connectivity index (χ2n) is 9.45. The van der Waals surface area contributed by atoms with Gasteiger partial charge in [-0.25, -0.2) is 9.79 Å². The van der Waals surface area contributed by atoms with Crippen molar-refractivity contribution >= 4 is 29.1 Å². The van der Waals surface area contributed by atoms with Gasteiger partial charge in [0.05, 0.1) is 34.6 Å². The van der Waals surface area contributed by atoms with Crippen molar-refractivity contribution in [2.45, 2.75) is 53.7 Å². The molecule has 39 heavy (non-hydrogen) atoms. The van der Waals surface area contributed by atoms with E-state index in [4.69, 9.17) is 9.47 Å². The predicted octanol–water partition coefficient (Wildman–Crippen LogP) is 4.14. The van der Waals surface area contributed by atoms with E-state index in [1.165, 1.54) is 15.9 Å². The summed E-state index contributed by atoms with van der Waals surface area (Å²) in [6.07, 6.45) is 1.34. The van der Waals surface area contributed by atoms with Crippen molar-refractivity contribution in [2.24, 2.45) is 4.99 Å². The van der Waals surface area contributed by atoms with Gasteiger partial charge < -0.3 is 19.5 Å². The van der Waals surface area contributed by atoms with Gasteiger partial charge in [0.1, 0.15) is 11.5 Å². The van der Waals surface area contributed by atoms with Crippen molar-refractivity contribution in [3.8, 4) is 11.5 Å². The number of phenolic OH excluding ortho intramolecular Hbond substituents is 1. The standard InChI is InChI=1S/C30H35N3O5S/c1-7-32(8-2)22-13-10-21(24(34)17-22)16-25-28(35)33-27(20-11-14-23(15-12-20)37-9-3)26(29(36)38-18(4)5)19(6)31-30(33)39-25/h10-18,27,34H,7-9H2,1-6H3/b25-16+/t27-/m0/s1. The first kappa shape index (κ1) is 28.2. The number of fused-ring (bicyclic) bond motifs is 1. The van der Waals surface area contributed by atoms with Gasteiger partial charge in [0, 0.05) is 30.4 Å². The summed E-state index contributed by atoms with van der Waals surface area (Å²) in [4.78, 5) is 34.3. The summed E-state index contributed by atoms with van der Waals surface area (Å²) in [5.41, 5.74) is 2.70. The lowest BCUT2D eigenvalue weighted by Gasteiger charge is -2.25. The number of esters is 1. The van der Waals surface area contributed by atoms with Crippen LogP contribution in [0.4, 0.5) is 5.69 Å². The number of carbonyl (C=O) groups is 1. The summed E-state index contributed by atoms with van der Waals surface area (Å²) in [6, 6.07) is 12.1. The van der Waals surface area contributed by atoms with Gasteiger partial charge >= 0.3 is 5.97 Å². The van der Waals surface area contributed by atoms with E-state index in [0.717, 1.165) is 24.3 Å². The van der Waals surface area contributed by atoms with E-state index in [2.05, 4.69) is 23.7 Å². The van der Waals surface area contributed by atoms with Crippen LogP contribution < -0.4 is 24.5 Å². The highest BCUT2D eigenvalue weighted by atomic mass is 32.1. The number of hydrogen-bond acceptors (Lipinski definition) is 8. The smallest absolute Gasteiger partial charge is 0.338 e. The number of aromatic nitrogens is 1. The fourth-order valence-corrected chi connectivity index (χ4v) is 5.71. The Bertz CT molecular complexity index is 1560. The number of thiazole rings is 1. The lowest BCUT2D eigenvalue weighted by Crippen LogP contribution is -2.40. The predicted molar refractivity (Wildman–Crippen MR) is 154 cm³/mol. The lowest BCUT2D eigenvalue weighted by atomic mass is 9.96. The Morgan fingerprint density at radius 2 is 1.85 bits per heavy atom. The van der Waals surface area contributed by atoms with Crippen LogP contribution in [0.1, 0.15) is 58.7 Å². The maximum Gasteiger partial charge on any atom is 0.338 e. The van der Waals surface area contributed by atoms with E-state index in [1.54, 1.807) is 32.9 Å². The van der Waals surface area contributed by atoms with E-state index in [0.29, 0.717) is 38.5 Å². The lowest BCUT2D eigenvalue weighted by molar-refractivity contribution is -0.143. The maximum absolute atomic E-state index is 13.8. The second-order valence-corrected chi connectivity index (χ2v) is 10.5. The van der Waals surface area contributed by atoms with Gasteiger partial charge in [0.25, 0.3) is 5.56 Å². The number of nitrogens with zero attached hydrogens (tertiary/aromatic N) is 3. The van der Waals surface area contributed by atoms with E-state index in [-0.39, 0.29) is 17.4 Å². The average molecular weight is 550 g/mol. The minimum atomic E-state index is -0.719. The van der Waals surface area contributed by atoms with Gasteiger partial charge in [-0.05, 0) is 77.4 Å². The van der Waals surface area contributed by atoms with Crippen molar-refractivity contribution in [1.29, 1.82) is 0 Å². The van der Waals surface area contributed by atoms with E-state index >= 15 is 0 Å². The molecule has 3 aromatic rings. The van der Waals surface area contributed by atoms with E-state index in [9.17, 15) is 14.7 Å². The fourth-order valence-electron chi connectivity index (χ4n) is 4.67. The first-order valence-electron chi connectivity index (χ1n) is 13.2. The van der Waals surface area contributed by atoms with Crippen LogP contribution >= 0.6 is 11.3 Å². The first-order chi connectivity index (χ1) is 18.7. The molecule has 206 valence electrons. The van der Waals surface area contributed by atoms with Crippen molar-refractivity contribution in [1.82, 2.24) is 4.57 Å². The minimum absolute atomic E-state index is 0.0886. The first-order valence-corrected chi connectivity index (χ1v) is 14.0. The molecule has 8 nitrogen and oxygen atoms in total. The normalized spacial score (nSPS) is 15.3. The molecule has 1 atom stereocenters. The topological polar surface area (TPSA) is 93.4 Å².